The maximum absolute atomic E-state index is 12.3. The molecule has 0 aromatic heterocycles. The van der Waals surface area contributed by atoms with Crippen LogP contribution in [0.1, 0.15) is 30.6 Å². The van der Waals surface area contributed by atoms with E-state index in [9.17, 15) is 14.4 Å². The lowest BCUT2D eigenvalue weighted by molar-refractivity contribution is -0.125. The third kappa shape index (κ3) is 4.52. The summed E-state index contributed by atoms with van der Waals surface area (Å²) in [5, 5.41) is 2.67. The van der Waals surface area contributed by atoms with Crippen molar-refractivity contribution in [1.29, 1.82) is 0 Å². The molecule has 124 valence electrons. The fourth-order valence-electron chi connectivity index (χ4n) is 2.34. The molecular formula is C19H20N2O3. The van der Waals surface area contributed by atoms with Crippen molar-refractivity contribution in [3.8, 4) is 0 Å². The normalized spacial score (nSPS) is 10.1. The van der Waals surface area contributed by atoms with Crippen LogP contribution in [0.25, 0.3) is 0 Å². The number of nitrogens with one attached hydrogen (secondary N) is 1. The number of hydrogen-bond acceptors (Lipinski definition) is 3. The summed E-state index contributed by atoms with van der Waals surface area (Å²) >= 11 is 0. The molecule has 0 heterocycles. The fraction of sp³-hybridized carbons (Fsp3) is 0.211. The first-order chi connectivity index (χ1) is 11.5. The van der Waals surface area contributed by atoms with Crippen molar-refractivity contribution in [2.45, 2.75) is 20.3 Å². The summed E-state index contributed by atoms with van der Waals surface area (Å²) in [6.45, 7) is 3.84. The van der Waals surface area contributed by atoms with Gasteiger partial charge in [-0.25, -0.2) is 0 Å². The van der Waals surface area contributed by atoms with Gasteiger partial charge in [-0.15, -0.1) is 0 Å². The molecule has 5 heteroatoms. The Hall–Kier alpha value is -2.95. The molecule has 0 unspecified atom stereocenters. The Bertz CT molecular complexity index is 724. The number of Topliss-reactive ketones (excluding diaryl/α,β-unsaturated/α-hetero) is 1. The molecule has 0 radical (unpaired) electrons. The zero-order valence-corrected chi connectivity index (χ0v) is 13.8. The van der Waals surface area contributed by atoms with Crippen LogP contribution >= 0.6 is 0 Å². The zero-order valence-electron chi connectivity index (χ0n) is 13.8. The highest BCUT2D eigenvalue weighted by molar-refractivity contribution is 6.09. The molecular weight excluding hydrogens is 304 g/mol. The summed E-state index contributed by atoms with van der Waals surface area (Å²) in [6.07, 6.45) is -0.239. The lowest BCUT2D eigenvalue weighted by atomic mass is 10.1. The highest BCUT2D eigenvalue weighted by atomic mass is 16.2. The van der Waals surface area contributed by atoms with Gasteiger partial charge >= 0.3 is 0 Å². The van der Waals surface area contributed by atoms with E-state index < -0.39 is 0 Å². The molecule has 2 aromatic carbocycles. The van der Waals surface area contributed by atoms with Crippen molar-refractivity contribution in [3.63, 3.8) is 0 Å². The van der Waals surface area contributed by atoms with Gasteiger partial charge in [0.15, 0.2) is 5.78 Å². The molecule has 2 amide bonds. The minimum absolute atomic E-state index is 0.0375. The number of para-hydroxylation sites is 1. The first kappa shape index (κ1) is 17.4. The predicted molar refractivity (Wildman–Crippen MR) is 94.2 cm³/mol. The Morgan fingerprint density at radius 1 is 0.958 bits per heavy atom. The Kier molecular flexibility index (Phi) is 5.84. The number of carbonyl (C=O) groups excluding carboxylic acids is 3. The van der Waals surface area contributed by atoms with E-state index in [0.717, 1.165) is 5.69 Å². The molecule has 0 bridgehead atoms. The van der Waals surface area contributed by atoms with Gasteiger partial charge in [0.05, 0.1) is 0 Å². The summed E-state index contributed by atoms with van der Waals surface area (Å²) in [7, 11) is 0. The monoisotopic (exact) mass is 324 g/mol. The number of ketones is 1. The summed E-state index contributed by atoms with van der Waals surface area (Å²) in [5.74, 6) is -0.684. The third-order valence-electron chi connectivity index (χ3n) is 3.57. The highest BCUT2D eigenvalue weighted by Crippen LogP contribution is 2.15. The van der Waals surface area contributed by atoms with Crippen LogP contribution in [-0.4, -0.2) is 24.1 Å². The fourth-order valence-corrected chi connectivity index (χ4v) is 2.34. The number of anilines is 2. The molecule has 0 aliphatic carbocycles. The average molecular weight is 324 g/mol. The Balaban J connectivity index is 1.98. The van der Waals surface area contributed by atoms with E-state index in [-0.39, 0.29) is 24.0 Å². The van der Waals surface area contributed by atoms with Crippen LogP contribution in [0.3, 0.4) is 0 Å². The number of nitrogens with zero attached hydrogens (tertiary/aromatic N) is 1. The molecule has 0 fully saturated rings. The van der Waals surface area contributed by atoms with Crippen molar-refractivity contribution in [2.75, 3.05) is 16.8 Å². The Labute approximate surface area is 141 Å². The largest absolute Gasteiger partial charge is 0.326 e. The average Bonchev–Trinajstić information content (AvgIpc) is 2.56. The number of benzene rings is 2. The molecule has 24 heavy (non-hydrogen) atoms. The van der Waals surface area contributed by atoms with Crippen molar-refractivity contribution in [2.24, 2.45) is 0 Å². The van der Waals surface area contributed by atoms with Gasteiger partial charge in [-0.3, -0.25) is 14.4 Å². The summed E-state index contributed by atoms with van der Waals surface area (Å²) in [4.78, 5) is 37.2. The highest BCUT2D eigenvalue weighted by Gasteiger charge is 2.17. The van der Waals surface area contributed by atoms with E-state index in [2.05, 4.69) is 5.32 Å². The smallest absolute Gasteiger partial charge is 0.236 e. The van der Waals surface area contributed by atoms with Crippen LogP contribution in [0.4, 0.5) is 11.4 Å². The van der Waals surface area contributed by atoms with Crippen LogP contribution in [0.5, 0.6) is 0 Å². The van der Waals surface area contributed by atoms with Gasteiger partial charge in [0.2, 0.25) is 11.8 Å². The van der Waals surface area contributed by atoms with E-state index in [4.69, 9.17) is 0 Å². The molecule has 2 rings (SSSR count). The standard InChI is InChI=1S/C19H20N2O3/c1-3-21(17-7-5-4-6-8-17)19(24)13-18(23)20-16-11-9-15(10-12-16)14(2)22/h4-12H,3,13H2,1-2H3,(H,20,23). The quantitative estimate of drug-likeness (QED) is 0.655. The SMILES string of the molecule is CCN(C(=O)CC(=O)Nc1ccc(C(C)=O)cc1)c1ccccc1. The lowest BCUT2D eigenvalue weighted by Gasteiger charge is -2.20. The molecule has 0 aliphatic rings. The van der Waals surface area contributed by atoms with Gasteiger partial charge < -0.3 is 10.2 Å². The van der Waals surface area contributed by atoms with E-state index in [0.29, 0.717) is 17.8 Å². The van der Waals surface area contributed by atoms with Crippen molar-refractivity contribution >= 4 is 29.0 Å². The number of amides is 2. The number of hydrogen-bond donors (Lipinski definition) is 1. The van der Waals surface area contributed by atoms with Crippen molar-refractivity contribution < 1.29 is 14.4 Å². The maximum atomic E-state index is 12.3. The van der Waals surface area contributed by atoms with E-state index in [1.54, 1.807) is 29.2 Å². The first-order valence-corrected chi connectivity index (χ1v) is 7.77. The molecule has 0 spiro atoms. The first-order valence-electron chi connectivity index (χ1n) is 7.77. The second kappa shape index (κ2) is 8.06. The minimum Gasteiger partial charge on any atom is -0.326 e. The van der Waals surface area contributed by atoms with Crippen LogP contribution in [0, 0.1) is 0 Å². The minimum atomic E-state index is -0.384. The number of carbonyl (C=O) groups is 3. The van der Waals surface area contributed by atoms with Crippen LogP contribution in [-0.2, 0) is 9.59 Å². The molecule has 2 aromatic rings. The van der Waals surface area contributed by atoms with Gasteiger partial charge in [0, 0.05) is 23.5 Å². The van der Waals surface area contributed by atoms with Crippen LogP contribution in [0.15, 0.2) is 54.6 Å². The zero-order chi connectivity index (χ0) is 17.5. The second-order valence-electron chi connectivity index (χ2n) is 5.33. The molecule has 1 N–H and O–H groups in total. The molecule has 5 nitrogen and oxygen atoms in total. The predicted octanol–water partition coefficient (Wildman–Crippen LogP) is 3.27. The lowest BCUT2D eigenvalue weighted by Crippen LogP contribution is -2.33. The van der Waals surface area contributed by atoms with Crippen molar-refractivity contribution in [1.82, 2.24) is 0 Å². The van der Waals surface area contributed by atoms with Gasteiger partial charge in [-0.05, 0) is 50.2 Å². The number of rotatable bonds is 6. The summed E-state index contributed by atoms with van der Waals surface area (Å²) in [6, 6.07) is 15.8. The maximum Gasteiger partial charge on any atom is 0.236 e. The van der Waals surface area contributed by atoms with Crippen LogP contribution < -0.4 is 10.2 Å². The van der Waals surface area contributed by atoms with Gasteiger partial charge in [-0.1, -0.05) is 18.2 Å². The third-order valence-corrected chi connectivity index (χ3v) is 3.57. The molecule has 0 aliphatic heterocycles. The molecule has 0 atom stereocenters. The van der Waals surface area contributed by atoms with Gasteiger partial charge in [-0.2, -0.15) is 0 Å². The van der Waals surface area contributed by atoms with Crippen LogP contribution in [0.2, 0.25) is 0 Å². The summed E-state index contributed by atoms with van der Waals surface area (Å²) in [5.41, 5.74) is 1.90. The Morgan fingerprint density at radius 3 is 2.12 bits per heavy atom. The van der Waals surface area contributed by atoms with Gasteiger partial charge in [0.1, 0.15) is 6.42 Å². The topological polar surface area (TPSA) is 66.5 Å². The van der Waals surface area contributed by atoms with E-state index in [1.807, 2.05) is 37.3 Å². The van der Waals surface area contributed by atoms with Gasteiger partial charge in [0.25, 0.3) is 0 Å². The summed E-state index contributed by atoms with van der Waals surface area (Å²) < 4.78 is 0. The second-order valence-corrected chi connectivity index (χ2v) is 5.33. The molecule has 0 saturated heterocycles. The van der Waals surface area contributed by atoms with E-state index >= 15 is 0 Å². The van der Waals surface area contributed by atoms with Crippen molar-refractivity contribution in [3.05, 3.63) is 60.2 Å². The Morgan fingerprint density at radius 2 is 1.58 bits per heavy atom. The van der Waals surface area contributed by atoms with E-state index in [1.165, 1.54) is 6.92 Å². The molecule has 0 saturated carbocycles.